The van der Waals surface area contributed by atoms with Gasteiger partial charge in [0.25, 0.3) is 0 Å². The van der Waals surface area contributed by atoms with E-state index in [0.29, 0.717) is 0 Å². The van der Waals surface area contributed by atoms with Crippen LogP contribution in [0.4, 0.5) is 0 Å². The van der Waals surface area contributed by atoms with Gasteiger partial charge in [0.15, 0.2) is 0 Å². The molecule has 0 aromatic carbocycles. The second kappa shape index (κ2) is 8.83. The average Bonchev–Trinajstić information content (AvgIpc) is 1.37. The molecule has 1 nitrogen and oxygen atoms in total. The molecule has 0 aromatic rings. The zero-order chi connectivity index (χ0) is 3.41. The molecule has 1 N–H and O–H groups in total. The van der Waals surface area contributed by atoms with E-state index in [9.17, 15) is 0 Å². The van der Waals surface area contributed by atoms with Gasteiger partial charge in [-0.1, -0.05) is 11.6 Å². The topological polar surface area (TPSA) is 20.2 Å². The van der Waals surface area contributed by atoms with Gasteiger partial charge >= 0.3 is 18.9 Å². The summed E-state index contributed by atoms with van der Waals surface area (Å²) in [5.41, 5.74) is 1.03. The van der Waals surface area contributed by atoms with E-state index in [1.165, 1.54) is 0 Å². The normalized spacial score (nSPS) is 7.40. The summed E-state index contributed by atoms with van der Waals surface area (Å²) < 4.78 is 0. The van der Waals surface area contributed by atoms with E-state index in [0.717, 1.165) is 11.8 Å². The summed E-state index contributed by atoms with van der Waals surface area (Å²) in [6, 6.07) is 0. The zero-order valence-electron chi connectivity index (χ0n) is 1.98. The first-order valence-corrected chi connectivity index (χ1v) is 1.25. The van der Waals surface area contributed by atoms with Crippen LogP contribution in [0.2, 0.25) is 0 Å². The number of hydrogen-bond acceptors (Lipinski definition) is 1. The van der Waals surface area contributed by atoms with Gasteiger partial charge in [-0.05, 0) is 0 Å². The van der Waals surface area contributed by atoms with E-state index >= 15 is 0 Å². The summed E-state index contributed by atoms with van der Waals surface area (Å²) in [5, 5.41) is 7.56. The molecule has 0 saturated heterocycles. The van der Waals surface area contributed by atoms with Crippen molar-refractivity contribution in [1.82, 2.24) is 0 Å². The van der Waals surface area contributed by atoms with Gasteiger partial charge in [-0.15, -0.1) is 0 Å². The third kappa shape index (κ3) is 12.8. The predicted octanol–water partition coefficient (Wildman–Crippen LogP) is 0.606. The van der Waals surface area contributed by atoms with E-state index in [1.807, 2.05) is 0 Å². The summed E-state index contributed by atoms with van der Waals surface area (Å²) in [7, 11) is 0. The molecule has 0 fully saturated rings. The number of aliphatic hydroxyl groups is 1. The van der Waals surface area contributed by atoms with Crippen LogP contribution in [0.5, 0.6) is 0 Å². The number of aliphatic hydroxyl groups excluding tert-OH is 1. The van der Waals surface area contributed by atoms with Crippen molar-refractivity contribution in [2.24, 2.45) is 0 Å². The molecule has 0 bridgehead atoms. The molecular formula is C2H4ClLiO. The van der Waals surface area contributed by atoms with E-state index in [1.54, 1.807) is 0 Å². The van der Waals surface area contributed by atoms with Crippen molar-refractivity contribution in [2.75, 3.05) is 0 Å². The van der Waals surface area contributed by atoms with Crippen LogP contribution in [0.3, 0.4) is 0 Å². The van der Waals surface area contributed by atoms with Crippen LogP contribution >= 0.6 is 11.6 Å². The van der Waals surface area contributed by atoms with E-state index in [2.05, 4.69) is 0 Å². The minimum atomic E-state index is 0. The Morgan fingerprint density at radius 2 is 1.80 bits per heavy atom. The van der Waals surface area contributed by atoms with Gasteiger partial charge in [-0.2, -0.15) is 0 Å². The SMILES string of the molecule is OC=CCl.[LiH]. The van der Waals surface area contributed by atoms with Crippen LogP contribution in [0.25, 0.3) is 0 Å². The molecule has 0 rings (SSSR count). The van der Waals surface area contributed by atoms with Crippen molar-refractivity contribution in [3.8, 4) is 0 Å². The Bertz CT molecular complexity index is 24.8. The third-order valence-corrected chi connectivity index (χ3v) is 0.169. The van der Waals surface area contributed by atoms with Crippen LogP contribution in [-0.2, 0) is 0 Å². The van der Waals surface area contributed by atoms with Crippen molar-refractivity contribution in [1.29, 1.82) is 0 Å². The zero-order valence-corrected chi connectivity index (χ0v) is 2.74. The van der Waals surface area contributed by atoms with Gasteiger partial charge < -0.3 is 5.11 Å². The van der Waals surface area contributed by atoms with Crippen LogP contribution < -0.4 is 0 Å². The Labute approximate surface area is 47.8 Å². The van der Waals surface area contributed by atoms with E-state index < -0.39 is 0 Å². The van der Waals surface area contributed by atoms with Gasteiger partial charge in [-0.3, -0.25) is 0 Å². The van der Waals surface area contributed by atoms with E-state index in [4.69, 9.17) is 16.7 Å². The predicted molar refractivity (Wildman–Crippen MR) is 24.8 cm³/mol. The molecule has 0 radical (unpaired) electrons. The van der Waals surface area contributed by atoms with Crippen molar-refractivity contribution in [3.63, 3.8) is 0 Å². The van der Waals surface area contributed by atoms with E-state index in [-0.39, 0.29) is 18.9 Å². The fourth-order valence-corrected chi connectivity index (χ4v) is 0. The molecule has 0 aliphatic heterocycles. The number of hydrogen-bond donors (Lipinski definition) is 1. The molecule has 0 spiro atoms. The third-order valence-electron chi connectivity index (χ3n) is 0.0563. The molecular weight excluding hydrogens is 82.4 g/mol. The Morgan fingerprint density at radius 1 is 1.60 bits per heavy atom. The van der Waals surface area contributed by atoms with Crippen LogP contribution in [0, 0.1) is 0 Å². The fourth-order valence-electron chi connectivity index (χ4n) is 0. The number of rotatable bonds is 0. The number of halogens is 1. The van der Waals surface area contributed by atoms with Gasteiger partial charge in [0.05, 0.1) is 6.26 Å². The molecule has 0 heterocycles. The van der Waals surface area contributed by atoms with Crippen LogP contribution in [0.15, 0.2) is 11.8 Å². The quantitative estimate of drug-likeness (QED) is 0.338. The molecule has 5 heavy (non-hydrogen) atoms. The summed E-state index contributed by atoms with van der Waals surface area (Å²) in [4.78, 5) is 0. The summed E-state index contributed by atoms with van der Waals surface area (Å²) in [6.07, 6.45) is 0.765. The maximum atomic E-state index is 7.56. The Morgan fingerprint density at radius 3 is 1.80 bits per heavy atom. The van der Waals surface area contributed by atoms with Gasteiger partial charge in [0.1, 0.15) is 0 Å². The molecule has 0 unspecified atom stereocenters. The molecule has 0 aliphatic carbocycles. The molecule has 0 aliphatic rings. The maximum absolute atomic E-state index is 7.56. The molecule has 0 aromatic heterocycles. The average molecular weight is 86.4 g/mol. The van der Waals surface area contributed by atoms with Crippen molar-refractivity contribution >= 4 is 30.5 Å². The van der Waals surface area contributed by atoms with Crippen LogP contribution in [-0.4, -0.2) is 24.0 Å². The second-order valence-electron chi connectivity index (χ2n) is 0.275. The minimum absolute atomic E-state index is 0. The second-order valence-corrected chi connectivity index (χ2v) is 0.527. The van der Waals surface area contributed by atoms with Gasteiger partial charge in [-0.25, -0.2) is 0 Å². The van der Waals surface area contributed by atoms with Crippen LogP contribution in [0.1, 0.15) is 0 Å². The molecule has 0 saturated carbocycles. The van der Waals surface area contributed by atoms with Crippen molar-refractivity contribution < 1.29 is 5.11 Å². The van der Waals surface area contributed by atoms with Crippen molar-refractivity contribution in [3.05, 3.63) is 11.8 Å². The first-order valence-electron chi connectivity index (χ1n) is 0.810. The summed E-state index contributed by atoms with van der Waals surface area (Å²) in [5.74, 6) is 0. The first kappa shape index (κ1) is 9.06. The fraction of sp³-hybridized carbons (Fsp3) is 0. The van der Waals surface area contributed by atoms with Gasteiger partial charge in [0, 0.05) is 5.54 Å². The molecule has 0 amide bonds. The summed E-state index contributed by atoms with van der Waals surface area (Å²) in [6.45, 7) is 0. The molecule has 3 heteroatoms. The Kier molecular flexibility index (Phi) is 16.0. The van der Waals surface area contributed by atoms with Crippen molar-refractivity contribution in [2.45, 2.75) is 0 Å². The Balaban J connectivity index is 0. The summed E-state index contributed by atoms with van der Waals surface area (Å²) >= 11 is 4.76. The molecule has 0 atom stereocenters. The Hall–Kier alpha value is 0.427. The standard InChI is InChI=1S/C2H3ClO.Li.H/c3-1-2-4;;/h1-2,4H;;. The first-order chi connectivity index (χ1) is 1.91. The monoisotopic (exact) mass is 86.0 g/mol. The molecule has 26 valence electrons. The van der Waals surface area contributed by atoms with Gasteiger partial charge in [0.2, 0.25) is 0 Å².